The largest absolute Gasteiger partial charge is 0.394 e. The Balaban J connectivity index is 1.39. The summed E-state index contributed by atoms with van der Waals surface area (Å²) < 4.78 is -0.689. The number of thioether (sulfide) groups is 1. The second kappa shape index (κ2) is 11.2. The third-order valence-electron chi connectivity index (χ3n) is 8.60. The van der Waals surface area contributed by atoms with Crippen molar-refractivity contribution in [3.8, 4) is 0 Å². The van der Waals surface area contributed by atoms with Crippen molar-refractivity contribution in [3.63, 3.8) is 0 Å². The Morgan fingerprint density at radius 3 is 2.44 bits per heavy atom. The van der Waals surface area contributed by atoms with Crippen molar-refractivity contribution in [1.29, 1.82) is 0 Å². The van der Waals surface area contributed by atoms with E-state index in [-0.39, 0.29) is 29.6 Å². The number of fused-ring (bicyclic) bond motifs is 1. The van der Waals surface area contributed by atoms with Crippen molar-refractivity contribution >= 4 is 40.9 Å². The van der Waals surface area contributed by atoms with E-state index in [9.17, 15) is 19.5 Å². The van der Waals surface area contributed by atoms with Crippen LogP contribution in [0.3, 0.4) is 0 Å². The molecule has 0 aliphatic carbocycles. The molecule has 9 heteroatoms. The van der Waals surface area contributed by atoms with E-state index in [1.807, 2.05) is 54.6 Å². The number of carbonyl (C=O) groups is 3. The molecule has 0 saturated carbocycles. The van der Waals surface area contributed by atoms with Crippen LogP contribution in [-0.2, 0) is 20.9 Å². The third-order valence-corrected chi connectivity index (χ3v) is 10.6. The normalized spacial score (nSPS) is 27.8. The van der Waals surface area contributed by atoms with Crippen LogP contribution in [0.4, 0.5) is 11.4 Å². The molecule has 1 spiro atoms. The number of aliphatic hydroxyl groups is 1. The molecule has 6 atom stereocenters. The monoisotopic (exact) mass is 550 g/mol. The van der Waals surface area contributed by atoms with Crippen LogP contribution < -0.4 is 15.5 Å². The van der Waals surface area contributed by atoms with E-state index in [1.54, 1.807) is 23.6 Å². The first kappa shape index (κ1) is 27.5. The van der Waals surface area contributed by atoms with Gasteiger partial charge in [0.1, 0.15) is 6.04 Å². The lowest BCUT2D eigenvalue weighted by molar-refractivity contribution is -0.141. The SMILES string of the molecule is CCN(CC)c1ccc(NC(=O)C2N([C@H](C)CO)C(=O)[C@@H]3[C@H](C(=O)NCc4ccccc4)[C@@H]4CCC23S4)cc1. The van der Waals surface area contributed by atoms with Gasteiger partial charge in [-0.3, -0.25) is 14.4 Å². The number of carbonyl (C=O) groups excluding carboxylic acids is 3. The van der Waals surface area contributed by atoms with Crippen LogP contribution in [0.1, 0.15) is 39.2 Å². The fourth-order valence-corrected chi connectivity index (χ4v) is 8.92. The van der Waals surface area contributed by atoms with Crippen molar-refractivity contribution in [2.24, 2.45) is 11.8 Å². The van der Waals surface area contributed by atoms with Gasteiger partial charge in [0.2, 0.25) is 17.7 Å². The lowest BCUT2D eigenvalue weighted by Gasteiger charge is -2.36. The van der Waals surface area contributed by atoms with Crippen molar-refractivity contribution in [2.45, 2.75) is 62.2 Å². The van der Waals surface area contributed by atoms with Crippen LogP contribution in [0.25, 0.3) is 0 Å². The predicted molar refractivity (Wildman–Crippen MR) is 154 cm³/mol. The topological polar surface area (TPSA) is 102 Å². The second-order valence-corrected chi connectivity index (χ2v) is 12.3. The van der Waals surface area contributed by atoms with Crippen molar-refractivity contribution < 1.29 is 19.5 Å². The number of hydrogen-bond donors (Lipinski definition) is 3. The number of rotatable bonds is 10. The summed E-state index contributed by atoms with van der Waals surface area (Å²) in [5, 5.41) is 16.1. The van der Waals surface area contributed by atoms with Crippen LogP contribution >= 0.6 is 11.8 Å². The van der Waals surface area contributed by atoms with E-state index in [4.69, 9.17) is 0 Å². The molecule has 3 heterocycles. The smallest absolute Gasteiger partial charge is 0.248 e. The van der Waals surface area contributed by atoms with Crippen LogP contribution in [0.15, 0.2) is 54.6 Å². The minimum atomic E-state index is -0.762. The van der Waals surface area contributed by atoms with E-state index < -0.39 is 28.7 Å². The molecule has 39 heavy (non-hydrogen) atoms. The predicted octanol–water partition coefficient (Wildman–Crippen LogP) is 3.26. The summed E-state index contributed by atoms with van der Waals surface area (Å²) in [6, 6.07) is 16.1. The Hall–Kier alpha value is -3.04. The van der Waals surface area contributed by atoms with Crippen molar-refractivity contribution in [1.82, 2.24) is 10.2 Å². The molecule has 2 aromatic carbocycles. The quantitative estimate of drug-likeness (QED) is 0.420. The Bertz CT molecular complexity index is 1210. The lowest BCUT2D eigenvalue weighted by atomic mass is 9.70. The summed E-state index contributed by atoms with van der Waals surface area (Å²) in [6.07, 6.45) is 1.47. The highest BCUT2D eigenvalue weighted by Crippen LogP contribution is 2.66. The summed E-state index contributed by atoms with van der Waals surface area (Å²) in [4.78, 5) is 45.1. The Labute approximate surface area is 234 Å². The average Bonchev–Trinajstić information content (AvgIpc) is 3.60. The van der Waals surface area contributed by atoms with Crippen LogP contribution in [0, 0.1) is 11.8 Å². The Morgan fingerprint density at radius 2 is 1.79 bits per heavy atom. The summed E-state index contributed by atoms with van der Waals surface area (Å²) in [7, 11) is 0. The number of anilines is 2. The zero-order chi connectivity index (χ0) is 27.7. The van der Waals surface area contributed by atoms with Crippen LogP contribution in [-0.4, -0.2) is 69.5 Å². The summed E-state index contributed by atoms with van der Waals surface area (Å²) in [6.45, 7) is 7.89. The molecule has 5 rings (SSSR count). The second-order valence-electron chi connectivity index (χ2n) is 10.7. The maximum Gasteiger partial charge on any atom is 0.248 e. The molecule has 3 aliphatic heterocycles. The van der Waals surface area contributed by atoms with Gasteiger partial charge < -0.3 is 25.5 Å². The number of nitrogens with one attached hydrogen (secondary N) is 2. The van der Waals surface area contributed by atoms with E-state index in [2.05, 4.69) is 29.4 Å². The van der Waals surface area contributed by atoms with E-state index in [1.165, 1.54) is 0 Å². The van der Waals surface area contributed by atoms with Crippen molar-refractivity contribution in [3.05, 3.63) is 60.2 Å². The van der Waals surface area contributed by atoms with Gasteiger partial charge in [-0.05, 0) is 63.4 Å². The summed E-state index contributed by atoms with van der Waals surface area (Å²) >= 11 is 1.63. The van der Waals surface area contributed by atoms with Gasteiger partial charge in [0.15, 0.2) is 0 Å². The number of aliphatic hydroxyl groups excluding tert-OH is 1. The standard InChI is InChI=1S/C30H38N4O4S/c1-4-33(5-2)22-13-11-21(12-14-22)32-28(37)26-30-16-15-23(39-30)24(25(30)29(38)34(26)19(3)18-35)27(36)31-17-20-9-7-6-8-10-20/h6-14,19,23-26,35H,4-5,15-18H2,1-3H3,(H,31,36)(H,32,37)/t19-,23+,24-,25+,26?,30?/m1/s1. The molecule has 3 fully saturated rings. The summed E-state index contributed by atoms with van der Waals surface area (Å²) in [5.74, 6) is -1.70. The maximum absolute atomic E-state index is 14.0. The highest BCUT2D eigenvalue weighted by atomic mass is 32.2. The van der Waals surface area contributed by atoms with Gasteiger partial charge >= 0.3 is 0 Å². The van der Waals surface area contributed by atoms with Crippen LogP contribution in [0.2, 0.25) is 0 Å². The van der Waals surface area contributed by atoms with E-state index >= 15 is 0 Å². The third kappa shape index (κ3) is 4.80. The molecule has 2 unspecified atom stereocenters. The molecule has 0 radical (unpaired) electrons. The molecule has 3 N–H and O–H groups in total. The molecule has 2 aromatic rings. The number of benzene rings is 2. The van der Waals surface area contributed by atoms with Gasteiger partial charge in [-0.25, -0.2) is 0 Å². The zero-order valence-electron chi connectivity index (χ0n) is 22.8. The van der Waals surface area contributed by atoms with E-state index in [0.717, 1.165) is 30.8 Å². The van der Waals surface area contributed by atoms with Crippen molar-refractivity contribution in [2.75, 3.05) is 29.9 Å². The first-order valence-corrected chi connectivity index (χ1v) is 14.8. The molecule has 3 saturated heterocycles. The maximum atomic E-state index is 14.0. The van der Waals surface area contributed by atoms with Gasteiger partial charge in [0, 0.05) is 36.3 Å². The van der Waals surface area contributed by atoms with Crippen LogP contribution in [0.5, 0.6) is 0 Å². The van der Waals surface area contributed by atoms with Gasteiger partial charge in [0.25, 0.3) is 0 Å². The fraction of sp³-hybridized carbons (Fsp3) is 0.500. The highest BCUT2D eigenvalue weighted by Gasteiger charge is 2.74. The summed E-state index contributed by atoms with van der Waals surface area (Å²) in [5.41, 5.74) is 2.74. The molecular formula is C30H38N4O4S. The van der Waals surface area contributed by atoms with Gasteiger partial charge in [-0.1, -0.05) is 30.3 Å². The Morgan fingerprint density at radius 1 is 1.10 bits per heavy atom. The van der Waals surface area contributed by atoms with Gasteiger partial charge in [-0.2, -0.15) is 0 Å². The minimum absolute atomic E-state index is 0.00930. The molecule has 3 amide bonds. The molecule has 8 nitrogen and oxygen atoms in total. The highest BCUT2D eigenvalue weighted by molar-refractivity contribution is 8.02. The molecule has 2 bridgehead atoms. The minimum Gasteiger partial charge on any atom is -0.394 e. The molecule has 0 aromatic heterocycles. The van der Waals surface area contributed by atoms with Gasteiger partial charge in [-0.15, -0.1) is 11.8 Å². The molecular weight excluding hydrogens is 512 g/mol. The number of amides is 3. The molecule has 3 aliphatic rings. The average molecular weight is 551 g/mol. The van der Waals surface area contributed by atoms with E-state index in [0.29, 0.717) is 18.7 Å². The first-order chi connectivity index (χ1) is 18.8. The van der Waals surface area contributed by atoms with Gasteiger partial charge in [0.05, 0.1) is 29.2 Å². The Kier molecular flexibility index (Phi) is 7.91. The number of likely N-dealkylation sites (tertiary alicyclic amines) is 1. The molecule has 208 valence electrons. The number of nitrogens with zero attached hydrogens (tertiary/aromatic N) is 2. The zero-order valence-corrected chi connectivity index (χ0v) is 23.6. The lowest BCUT2D eigenvalue weighted by Crippen LogP contribution is -2.54. The number of hydrogen-bond acceptors (Lipinski definition) is 6. The first-order valence-electron chi connectivity index (χ1n) is 13.9. The fourth-order valence-electron chi connectivity index (χ4n) is 6.71.